The van der Waals surface area contributed by atoms with Crippen LogP contribution in [-0.2, 0) is 0 Å². The zero-order chi connectivity index (χ0) is 13.9. The lowest BCUT2D eigenvalue weighted by molar-refractivity contribution is 0.244. The Morgan fingerprint density at radius 2 is 2.20 bits per heavy atom. The van der Waals surface area contributed by atoms with Crippen LogP contribution in [0.2, 0.25) is 0 Å². The largest absolute Gasteiger partial charge is 0.308 e. The molecule has 0 aromatic heterocycles. The Labute approximate surface area is 125 Å². The highest BCUT2D eigenvalue weighted by Gasteiger charge is 2.24. The van der Waals surface area contributed by atoms with E-state index in [9.17, 15) is 4.39 Å². The lowest BCUT2D eigenvalue weighted by atomic mass is 10.0. The van der Waals surface area contributed by atoms with Crippen LogP contribution in [0.3, 0.4) is 0 Å². The third kappa shape index (κ3) is 3.02. The van der Waals surface area contributed by atoms with Gasteiger partial charge >= 0.3 is 0 Å². The molecule has 2 unspecified atom stereocenters. The van der Waals surface area contributed by atoms with Gasteiger partial charge in [0.05, 0.1) is 0 Å². The van der Waals surface area contributed by atoms with Gasteiger partial charge in [-0.15, -0.1) is 11.8 Å². The topological polar surface area (TPSA) is 15.3 Å². The molecule has 0 saturated carbocycles. The predicted octanol–water partition coefficient (Wildman–Crippen LogP) is 3.44. The van der Waals surface area contributed by atoms with Crippen LogP contribution in [0.15, 0.2) is 23.1 Å². The molecule has 1 N–H and O–H groups in total. The molecule has 3 rings (SSSR count). The van der Waals surface area contributed by atoms with E-state index < -0.39 is 0 Å². The summed E-state index contributed by atoms with van der Waals surface area (Å²) in [6.07, 6.45) is 3.75. The van der Waals surface area contributed by atoms with Crippen molar-refractivity contribution in [2.75, 3.05) is 25.4 Å². The molecule has 2 aliphatic heterocycles. The minimum Gasteiger partial charge on any atom is -0.308 e. The van der Waals surface area contributed by atoms with Crippen LogP contribution < -0.4 is 5.32 Å². The van der Waals surface area contributed by atoms with Gasteiger partial charge in [0.2, 0.25) is 0 Å². The number of fused-ring (bicyclic) bond motifs is 1. The molecule has 4 heteroatoms. The van der Waals surface area contributed by atoms with Crippen molar-refractivity contribution < 1.29 is 4.39 Å². The maximum atomic E-state index is 13.8. The minimum absolute atomic E-state index is 0.0633. The van der Waals surface area contributed by atoms with Crippen molar-refractivity contribution in [3.63, 3.8) is 0 Å². The third-order valence-corrected chi connectivity index (χ3v) is 5.61. The van der Waals surface area contributed by atoms with E-state index in [0.29, 0.717) is 12.1 Å². The molecule has 20 heavy (non-hydrogen) atoms. The Kier molecular flexibility index (Phi) is 4.64. The molecule has 1 aromatic rings. The number of nitrogens with zero attached hydrogens (tertiary/aromatic N) is 1. The summed E-state index contributed by atoms with van der Waals surface area (Å²) >= 11 is 1.65. The Balaban J connectivity index is 1.63. The second-order valence-electron chi connectivity index (χ2n) is 5.85. The van der Waals surface area contributed by atoms with Crippen molar-refractivity contribution in [3.8, 4) is 0 Å². The van der Waals surface area contributed by atoms with E-state index in [4.69, 9.17) is 0 Å². The van der Waals surface area contributed by atoms with Crippen molar-refractivity contribution in [1.82, 2.24) is 10.2 Å². The SMILES string of the molecule is CC(CNC1CCSc2c(F)cccc21)N1CCCC1. The lowest BCUT2D eigenvalue weighted by Crippen LogP contribution is -2.40. The molecule has 0 bridgehead atoms. The summed E-state index contributed by atoms with van der Waals surface area (Å²) in [5.74, 6) is 0.940. The fourth-order valence-corrected chi connectivity index (χ4v) is 4.36. The van der Waals surface area contributed by atoms with E-state index >= 15 is 0 Å². The van der Waals surface area contributed by atoms with Crippen LogP contribution in [0, 0.1) is 5.82 Å². The highest BCUT2D eigenvalue weighted by Crippen LogP contribution is 2.37. The maximum absolute atomic E-state index is 13.8. The fraction of sp³-hybridized carbons (Fsp3) is 0.625. The average Bonchev–Trinajstić information content (AvgIpc) is 2.99. The van der Waals surface area contributed by atoms with Gasteiger partial charge in [-0.1, -0.05) is 12.1 Å². The lowest BCUT2D eigenvalue weighted by Gasteiger charge is -2.30. The highest BCUT2D eigenvalue weighted by molar-refractivity contribution is 7.99. The van der Waals surface area contributed by atoms with E-state index in [0.717, 1.165) is 29.2 Å². The minimum atomic E-state index is -0.0633. The quantitative estimate of drug-likeness (QED) is 0.916. The third-order valence-electron chi connectivity index (χ3n) is 4.45. The Morgan fingerprint density at radius 1 is 1.40 bits per heavy atom. The van der Waals surface area contributed by atoms with Crippen molar-refractivity contribution >= 4 is 11.8 Å². The Bertz CT molecular complexity index is 460. The van der Waals surface area contributed by atoms with Crippen LogP contribution in [0.25, 0.3) is 0 Å². The monoisotopic (exact) mass is 294 g/mol. The van der Waals surface area contributed by atoms with Crippen molar-refractivity contribution in [3.05, 3.63) is 29.6 Å². The van der Waals surface area contributed by atoms with E-state index in [-0.39, 0.29) is 5.82 Å². The molecule has 2 nitrogen and oxygen atoms in total. The number of nitrogens with one attached hydrogen (secondary N) is 1. The molecule has 1 saturated heterocycles. The Morgan fingerprint density at radius 3 is 3.00 bits per heavy atom. The van der Waals surface area contributed by atoms with Gasteiger partial charge in [0.25, 0.3) is 0 Å². The molecule has 0 aliphatic carbocycles. The maximum Gasteiger partial charge on any atom is 0.137 e. The van der Waals surface area contributed by atoms with Gasteiger partial charge < -0.3 is 5.32 Å². The molecule has 110 valence electrons. The van der Waals surface area contributed by atoms with Crippen molar-refractivity contribution in [2.45, 2.75) is 43.2 Å². The molecule has 1 aromatic carbocycles. The molecule has 2 aliphatic rings. The molecule has 0 amide bonds. The first-order valence-electron chi connectivity index (χ1n) is 7.64. The smallest absolute Gasteiger partial charge is 0.137 e. The first-order valence-corrected chi connectivity index (χ1v) is 8.63. The van der Waals surface area contributed by atoms with Gasteiger partial charge in [-0.05, 0) is 56.7 Å². The number of benzene rings is 1. The summed E-state index contributed by atoms with van der Waals surface area (Å²) in [6.45, 7) is 5.75. The number of hydrogen-bond acceptors (Lipinski definition) is 3. The molecule has 0 radical (unpaired) electrons. The highest BCUT2D eigenvalue weighted by atomic mass is 32.2. The summed E-state index contributed by atoms with van der Waals surface area (Å²) in [5, 5.41) is 3.66. The summed E-state index contributed by atoms with van der Waals surface area (Å²) < 4.78 is 13.8. The number of halogens is 1. The molecule has 1 fully saturated rings. The first kappa shape index (κ1) is 14.4. The van der Waals surface area contributed by atoms with Gasteiger partial charge in [0.1, 0.15) is 5.82 Å². The molecule has 2 atom stereocenters. The zero-order valence-electron chi connectivity index (χ0n) is 12.1. The predicted molar refractivity (Wildman–Crippen MR) is 82.8 cm³/mol. The second kappa shape index (κ2) is 6.46. The van der Waals surface area contributed by atoms with Gasteiger partial charge in [-0.2, -0.15) is 0 Å². The summed E-state index contributed by atoms with van der Waals surface area (Å²) in [4.78, 5) is 3.40. The molecular formula is C16H23FN2S. The summed E-state index contributed by atoms with van der Waals surface area (Å²) in [7, 11) is 0. The van der Waals surface area contributed by atoms with E-state index in [2.05, 4.69) is 23.2 Å². The average molecular weight is 294 g/mol. The number of likely N-dealkylation sites (tertiary alicyclic amines) is 1. The second-order valence-corrected chi connectivity index (χ2v) is 6.95. The number of thioether (sulfide) groups is 1. The van der Waals surface area contributed by atoms with Crippen LogP contribution >= 0.6 is 11.8 Å². The van der Waals surface area contributed by atoms with Crippen LogP contribution in [-0.4, -0.2) is 36.3 Å². The van der Waals surface area contributed by atoms with Gasteiger partial charge in [-0.25, -0.2) is 4.39 Å². The van der Waals surface area contributed by atoms with E-state index in [1.54, 1.807) is 17.8 Å². The fourth-order valence-electron chi connectivity index (χ4n) is 3.22. The van der Waals surface area contributed by atoms with Crippen LogP contribution in [0.5, 0.6) is 0 Å². The van der Waals surface area contributed by atoms with E-state index in [1.165, 1.54) is 25.9 Å². The number of hydrogen-bond donors (Lipinski definition) is 1. The van der Waals surface area contributed by atoms with Crippen LogP contribution in [0.1, 0.15) is 37.8 Å². The van der Waals surface area contributed by atoms with Crippen LogP contribution in [0.4, 0.5) is 4.39 Å². The van der Waals surface area contributed by atoms with Crippen molar-refractivity contribution in [1.29, 1.82) is 0 Å². The molecular weight excluding hydrogens is 271 g/mol. The molecule has 2 heterocycles. The normalized spacial score (nSPS) is 24.6. The van der Waals surface area contributed by atoms with Crippen molar-refractivity contribution in [2.24, 2.45) is 0 Å². The van der Waals surface area contributed by atoms with Gasteiger partial charge in [0, 0.05) is 23.5 Å². The standard InChI is InChI=1S/C16H23FN2S/c1-12(19-8-2-3-9-19)11-18-15-7-10-20-16-13(15)5-4-6-14(16)17/h4-6,12,15,18H,2-3,7-11H2,1H3. The van der Waals surface area contributed by atoms with E-state index in [1.807, 2.05) is 6.07 Å². The Hall–Kier alpha value is -0.580. The summed E-state index contributed by atoms with van der Waals surface area (Å²) in [6, 6.07) is 6.36. The van der Waals surface area contributed by atoms with Gasteiger partial charge in [-0.3, -0.25) is 4.90 Å². The first-order chi connectivity index (χ1) is 9.75. The summed E-state index contributed by atoms with van der Waals surface area (Å²) in [5.41, 5.74) is 1.15. The number of rotatable bonds is 4. The molecule has 0 spiro atoms. The van der Waals surface area contributed by atoms with Gasteiger partial charge in [0.15, 0.2) is 0 Å². The zero-order valence-corrected chi connectivity index (χ0v) is 12.9.